The summed E-state index contributed by atoms with van der Waals surface area (Å²) < 4.78 is 0. The van der Waals surface area contributed by atoms with Crippen LogP contribution in [0, 0.1) is 17.8 Å². The Kier molecular flexibility index (Phi) is 4.51. The molecule has 4 atom stereocenters. The number of rotatable bonds is 3. The average molecular weight is 243 g/mol. The number of carbonyl (C=O) groups is 2. The van der Waals surface area contributed by atoms with Gasteiger partial charge in [-0.15, -0.1) is 0 Å². The summed E-state index contributed by atoms with van der Waals surface area (Å²) in [6.45, 7) is 6.04. The lowest BCUT2D eigenvalue weighted by Crippen LogP contribution is -2.48. The van der Waals surface area contributed by atoms with Gasteiger partial charge in [-0.1, -0.05) is 20.8 Å². The zero-order chi connectivity index (χ0) is 13.2. The minimum Gasteiger partial charge on any atom is -0.481 e. The van der Waals surface area contributed by atoms with Crippen molar-refractivity contribution in [2.24, 2.45) is 17.8 Å². The topological polar surface area (TPSA) is 77.8 Å². The van der Waals surface area contributed by atoms with E-state index in [1.807, 2.05) is 6.92 Å². The van der Waals surface area contributed by atoms with Gasteiger partial charge in [0, 0.05) is 19.0 Å². The van der Waals surface area contributed by atoms with Crippen LogP contribution in [0.4, 0.5) is 0 Å². The van der Waals surface area contributed by atoms with Crippen molar-refractivity contribution in [2.45, 2.75) is 33.3 Å². The lowest BCUT2D eigenvalue weighted by Gasteiger charge is -2.36. The number of amides is 1. The summed E-state index contributed by atoms with van der Waals surface area (Å²) in [5.74, 6) is -2.18. The number of hydrogen-bond donors (Lipinski definition) is 2. The molecule has 5 heteroatoms. The Morgan fingerprint density at radius 3 is 2.35 bits per heavy atom. The third-order valence-corrected chi connectivity index (χ3v) is 3.76. The number of nitrogens with zero attached hydrogens (tertiary/aromatic N) is 1. The number of carbonyl (C=O) groups excluding carboxylic acids is 1. The number of carboxylic acid groups (broad SMARTS) is 1. The molecule has 1 aliphatic heterocycles. The van der Waals surface area contributed by atoms with E-state index in [9.17, 15) is 14.7 Å². The Labute approximate surface area is 101 Å². The van der Waals surface area contributed by atoms with Crippen molar-refractivity contribution in [1.29, 1.82) is 0 Å². The van der Waals surface area contributed by atoms with Crippen molar-refractivity contribution in [3.8, 4) is 0 Å². The number of likely N-dealkylation sites (tertiary alicyclic amines) is 1. The van der Waals surface area contributed by atoms with Crippen LogP contribution in [0.5, 0.6) is 0 Å². The number of aliphatic carboxylic acids is 1. The molecule has 1 rings (SSSR count). The first-order valence-electron chi connectivity index (χ1n) is 6.04. The molecule has 0 radical (unpaired) electrons. The van der Waals surface area contributed by atoms with E-state index in [-0.39, 0.29) is 11.8 Å². The maximum Gasteiger partial charge on any atom is 0.307 e. The molecule has 0 aliphatic carbocycles. The lowest BCUT2D eigenvalue weighted by molar-refractivity contribution is -0.150. The van der Waals surface area contributed by atoms with E-state index in [0.29, 0.717) is 13.1 Å². The molecule has 1 heterocycles. The zero-order valence-electron chi connectivity index (χ0n) is 10.6. The second-order valence-electron chi connectivity index (χ2n) is 5.03. The molecule has 1 saturated heterocycles. The van der Waals surface area contributed by atoms with Crippen LogP contribution in [-0.2, 0) is 9.59 Å². The van der Waals surface area contributed by atoms with Crippen molar-refractivity contribution < 1.29 is 19.8 Å². The van der Waals surface area contributed by atoms with Gasteiger partial charge in [0.25, 0.3) is 0 Å². The van der Waals surface area contributed by atoms with E-state index >= 15 is 0 Å². The van der Waals surface area contributed by atoms with E-state index in [4.69, 9.17) is 5.11 Å². The van der Waals surface area contributed by atoms with Gasteiger partial charge in [0.1, 0.15) is 0 Å². The largest absolute Gasteiger partial charge is 0.481 e. The van der Waals surface area contributed by atoms with Crippen molar-refractivity contribution in [3.05, 3.63) is 0 Å². The van der Waals surface area contributed by atoms with E-state index in [1.54, 1.807) is 11.8 Å². The van der Waals surface area contributed by atoms with Crippen LogP contribution >= 0.6 is 0 Å². The predicted molar refractivity (Wildman–Crippen MR) is 62.3 cm³/mol. The fourth-order valence-corrected chi connectivity index (χ4v) is 1.96. The van der Waals surface area contributed by atoms with E-state index in [0.717, 1.165) is 6.42 Å². The molecular weight excluding hydrogens is 222 g/mol. The fourth-order valence-electron chi connectivity index (χ4n) is 1.96. The Morgan fingerprint density at radius 1 is 1.29 bits per heavy atom. The Hall–Kier alpha value is -1.10. The molecule has 1 amide bonds. The fraction of sp³-hybridized carbons (Fsp3) is 0.833. The van der Waals surface area contributed by atoms with Gasteiger partial charge in [-0.25, -0.2) is 0 Å². The summed E-state index contributed by atoms with van der Waals surface area (Å²) in [4.78, 5) is 24.5. The van der Waals surface area contributed by atoms with Crippen LogP contribution in [0.25, 0.3) is 0 Å². The van der Waals surface area contributed by atoms with Crippen LogP contribution in [0.15, 0.2) is 0 Å². The molecule has 17 heavy (non-hydrogen) atoms. The van der Waals surface area contributed by atoms with Crippen LogP contribution < -0.4 is 0 Å². The molecule has 5 nitrogen and oxygen atoms in total. The smallest absolute Gasteiger partial charge is 0.307 e. The number of β-amino-alcohol motifs (C(OH)–C–C–N with tert-alkyl or cyclic N) is 1. The van der Waals surface area contributed by atoms with Crippen molar-refractivity contribution in [2.75, 3.05) is 13.1 Å². The van der Waals surface area contributed by atoms with Crippen LogP contribution in [-0.4, -0.2) is 46.2 Å². The molecule has 0 aromatic carbocycles. The molecule has 1 aliphatic rings. The lowest BCUT2D eigenvalue weighted by atomic mass is 9.91. The molecule has 2 N–H and O–H groups in total. The number of piperidine rings is 1. The Bertz CT molecular complexity index is 305. The van der Waals surface area contributed by atoms with Gasteiger partial charge in [0.05, 0.1) is 12.0 Å². The van der Waals surface area contributed by atoms with Crippen LogP contribution in [0.1, 0.15) is 27.2 Å². The first-order valence-corrected chi connectivity index (χ1v) is 6.04. The molecule has 0 aromatic rings. The van der Waals surface area contributed by atoms with Crippen molar-refractivity contribution in [3.63, 3.8) is 0 Å². The highest BCUT2D eigenvalue weighted by atomic mass is 16.4. The minimum atomic E-state index is -0.961. The van der Waals surface area contributed by atoms with Gasteiger partial charge >= 0.3 is 5.97 Å². The van der Waals surface area contributed by atoms with Crippen molar-refractivity contribution in [1.82, 2.24) is 4.90 Å². The zero-order valence-corrected chi connectivity index (χ0v) is 10.6. The number of carboxylic acids is 1. The summed E-state index contributed by atoms with van der Waals surface area (Å²) in [6.07, 6.45) is 0.265. The normalized spacial score (nSPS) is 28.6. The second-order valence-corrected chi connectivity index (χ2v) is 5.03. The van der Waals surface area contributed by atoms with Gasteiger partial charge in [0.2, 0.25) is 5.91 Å². The molecule has 0 spiro atoms. The minimum absolute atomic E-state index is 0.175. The summed E-state index contributed by atoms with van der Waals surface area (Å²) in [7, 11) is 0. The molecular formula is C12H21NO4. The standard InChI is InChI=1S/C12H21NO4/c1-7-4-5-13(6-10(7)14)11(15)8(2)9(3)12(16)17/h7-10,14H,4-6H2,1-3H3,(H,16,17). The third kappa shape index (κ3) is 3.19. The number of hydrogen-bond acceptors (Lipinski definition) is 3. The molecule has 0 bridgehead atoms. The Morgan fingerprint density at radius 2 is 1.88 bits per heavy atom. The molecule has 0 aromatic heterocycles. The monoisotopic (exact) mass is 243 g/mol. The van der Waals surface area contributed by atoms with Gasteiger partial charge < -0.3 is 15.1 Å². The van der Waals surface area contributed by atoms with E-state index < -0.39 is 23.9 Å². The van der Waals surface area contributed by atoms with Crippen molar-refractivity contribution >= 4 is 11.9 Å². The Balaban J connectivity index is 2.61. The van der Waals surface area contributed by atoms with Gasteiger partial charge in [-0.2, -0.15) is 0 Å². The maximum absolute atomic E-state index is 12.0. The molecule has 1 fully saturated rings. The average Bonchev–Trinajstić information content (AvgIpc) is 2.29. The number of aliphatic hydroxyl groups excluding tert-OH is 1. The summed E-state index contributed by atoms with van der Waals surface area (Å²) >= 11 is 0. The molecule has 0 saturated carbocycles. The first-order chi connectivity index (χ1) is 7.84. The highest BCUT2D eigenvalue weighted by Gasteiger charge is 2.33. The van der Waals surface area contributed by atoms with E-state index in [2.05, 4.69) is 0 Å². The maximum atomic E-state index is 12.0. The summed E-state index contributed by atoms with van der Waals surface area (Å²) in [6, 6.07) is 0. The van der Waals surface area contributed by atoms with E-state index in [1.165, 1.54) is 6.92 Å². The van der Waals surface area contributed by atoms with Crippen LogP contribution in [0.3, 0.4) is 0 Å². The van der Waals surface area contributed by atoms with Crippen LogP contribution in [0.2, 0.25) is 0 Å². The van der Waals surface area contributed by atoms with Gasteiger partial charge in [-0.3, -0.25) is 9.59 Å². The van der Waals surface area contributed by atoms with Gasteiger partial charge in [0.15, 0.2) is 0 Å². The quantitative estimate of drug-likeness (QED) is 0.759. The highest BCUT2D eigenvalue weighted by molar-refractivity contribution is 5.84. The molecule has 98 valence electrons. The van der Waals surface area contributed by atoms with Gasteiger partial charge in [-0.05, 0) is 12.3 Å². The SMILES string of the molecule is CC1CCN(C(=O)C(C)C(C)C(=O)O)CC1O. The highest BCUT2D eigenvalue weighted by Crippen LogP contribution is 2.21. The summed E-state index contributed by atoms with van der Waals surface area (Å²) in [5, 5.41) is 18.6. The summed E-state index contributed by atoms with van der Waals surface area (Å²) in [5.41, 5.74) is 0. The predicted octanol–water partition coefficient (Wildman–Crippen LogP) is 0.572. The number of aliphatic hydroxyl groups is 1. The molecule has 4 unspecified atom stereocenters. The second kappa shape index (κ2) is 5.49. The third-order valence-electron chi connectivity index (χ3n) is 3.76. The first kappa shape index (κ1) is 14.0.